The van der Waals surface area contributed by atoms with Gasteiger partial charge in [-0.2, -0.15) is 0 Å². The summed E-state index contributed by atoms with van der Waals surface area (Å²) < 4.78 is 16.7. The molecule has 1 atom stereocenters. The number of esters is 3. The van der Waals surface area contributed by atoms with Crippen LogP contribution in [0.2, 0.25) is 0 Å². The molecule has 0 heterocycles. The Morgan fingerprint density at radius 3 is 1.05 bits per heavy atom. The number of unbranched alkanes of at least 4 members (excludes halogenated alkanes) is 19. The second-order valence-corrected chi connectivity index (χ2v) is 15.6. The molecule has 0 radical (unpaired) electrons. The van der Waals surface area contributed by atoms with Crippen molar-refractivity contribution >= 4 is 17.9 Å². The number of hydrogen-bond donors (Lipinski definition) is 0. The molecule has 58 heavy (non-hydrogen) atoms. The van der Waals surface area contributed by atoms with E-state index in [1.165, 1.54) is 57.8 Å². The number of rotatable bonds is 42. The monoisotopic (exact) mass is 809 g/mol. The fourth-order valence-electron chi connectivity index (χ4n) is 6.41. The van der Waals surface area contributed by atoms with Crippen molar-refractivity contribution in [1.29, 1.82) is 0 Å². The van der Waals surface area contributed by atoms with E-state index in [-0.39, 0.29) is 31.1 Å². The van der Waals surface area contributed by atoms with Gasteiger partial charge >= 0.3 is 17.9 Å². The lowest BCUT2D eigenvalue weighted by molar-refractivity contribution is -0.167. The lowest BCUT2D eigenvalue weighted by Gasteiger charge is -2.18. The highest BCUT2D eigenvalue weighted by atomic mass is 16.6. The molecule has 0 saturated carbocycles. The molecule has 0 fully saturated rings. The molecule has 0 saturated heterocycles. The van der Waals surface area contributed by atoms with Gasteiger partial charge in [0.05, 0.1) is 0 Å². The molecule has 0 aromatic heterocycles. The Hall–Kier alpha value is -3.15. The molecule has 0 aliphatic carbocycles. The summed E-state index contributed by atoms with van der Waals surface area (Å²) >= 11 is 0. The van der Waals surface area contributed by atoms with Gasteiger partial charge in [0.25, 0.3) is 0 Å². The topological polar surface area (TPSA) is 78.9 Å². The molecule has 1 unspecified atom stereocenters. The Balaban J connectivity index is 4.46. The molecule has 6 heteroatoms. The van der Waals surface area contributed by atoms with Crippen LogP contribution in [0.3, 0.4) is 0 Å². The molecular weight excluding hydrogens is 721 g/mol. The van der Waals surface area contributed by atoms with E-state index in [9.17, 15) is 14.4 Å². The van der Waals surface area contributed by atoms with Gasteiger partial charge in [-0.1, -0.05) is 190 Å². The summed E-state index contributed by atoms with van der Waals surface area (Å²) in [4.78, 5) is 37.8. The number of ether oxygens (including phenoxy) is 3. The van der Waals surface area contributed by atoms with E-state index in [4.69, 9.17) is 14.2 Å². The van der Waals surface area contributed by atoms with Crippen molar-refractivity contribution in [2.75, 3.05) is 13.2 Å². The smallest absolute Gasteiger partial charge is 0.306 e. The van der Waals surface area contributed by atoms with Crippen LogP contribution in [0.15, 0.2) is 72.9 Å². The average Bonchev–Trinajstić information content (AvgIpc) is 3.22. The predicted octanol–water partition coefficient (Wildman–Crippen LogP) is 15.5. The third-order valence-electron chi connectivity index (χ3n) is 9.96. The first-order chi connectivity index (χ1) is 28.5. The normalized spacial score (nSPS) is 12.7. The molecule has 0 rings (SSSR count). The molecule has 0 aliphatic rings. The molecular formula is C52H88O6. The average molecular weight is 809 g/mol. The number of carbonyl (C=O) groups is 3. The third kappa shape index (κ3) is 44.0. The Labute approximate surface area is 357 Å². The predicted molar refractivity (Wildman–Crippen MR) is 247 cm³/mol. The van der Waals surface area contributed by atoms with Crippen molar-refractivity contribution in [3.05, 3.63) is 72.9 Å². The molecule has 0 spiro atoms. The molecule has 332 valence electrons. The Kier molecular flexibility index (Phi) is 44.0. The molecule has 0 aliphatic heterocycles. The molecule has 0 aromatic rings. The van der Waals surface area contributed by atoms with Gasteiger partial charge in [-0.3, -0.25) is 14.4 Å². The summed E-state index contributed by atoms with van der Waals surface area (Å²) in [6.07, 6.45) is 57.4. The standard InChI is InChI=1S/C52H88O6/c1-4-7-10-13-16-19-22-25-27-30-33-36-39-42-45-51(54)57-48-49(47-56-50(53)44-41-38-35-32-29-24-21-18-15-12-9-6-3)58-52(55)46-43-40-37-34-31-28-26-23-20-17-14-11-8-5-2/h7-8,10-11,16-17,19-20,25-28,49H,4-6,9,12-15,18,21-24,29-48H2,1-3H3/b10-7-,11-8-,19-16-,20-17-,27-25-,28-26-. The van der Waals surface area contributed by atoms with Crippen molar-refractivity contribution in [2.45, 2.75) is 226 Å². The molecule has 0 bridgehead atoms. The van der Waals surface area contributed by atoms with Crippen LogP contribution in [0.25, 0.3) is 0 Å². The van der Waals surface area contributed by atoms with Crippen LogP contribution in [0.4, 0.5) is 0 Å². The van der Waals surface area contributed by atoms with E-state index >= 15 is 0 Å². The van der Waals surface area contributed by atoms with Gasteiger partial charge in [-0.15, -0.1) is 0 Å². The summed E-state index contributed by atoms with van der Waals surface area (Å²) in [7, 11) is 0. The number of carbonyl (C=O) groups excluding carboxylic acids is 3. The van der Waals surface area contributed by atoms with Crippen molar-refractivity contribution < 1.29 is 28.6 Å². The van der Waals surface area contributed by atoms with Crippen LogP contribution in [0.1, 0.15) is 220 Å². The summed E-state index contributed by atoms with van der Waals surface area (Å²) in [5, 5.41) is 0. The molecule has 0 N–H and O–H groups in total. The summed E-state index contributed by atoms with van der Waals surface area (Å²) in [6.45, 7) is 6.36. The first-order valence-electron chi connectivity index (χ1n) is 23.9. The van der Waals surface area contributed by atoms with E-state index in [0.717, 1.165) is 122 Å². The van der Waals surface area contributed by atoms with Gasteiger partial charge in [0, 0.05) is 19.3 Å². The van der Waals surface area contributed by atoms with Crippen LogP contribution in [0.5, 0.6) is 0 Å². The first kappa shape index (κ1) is 54.9. The van der Waals surface area contributed by atoms with Crippen molar-refractivity contribution in [2.24, 2.45) is 0 Å². The highest BCUT2D eigenvalue weighted by Crippen LogP contribution is 2.14. The van der Waals surface area contributed by atoms with Gasteiger partial charge in [0.1, 0.15) is 13.2 Å². The fourth-order valence-corrected chi connectivity index (χ4v) is 6.41. The molecule has 6 nitrogen and oxygen atoms in total. The number of allylic oxidation sites excluding steroid dienone is 12. The van der Waals surface area contributed by atoms with Crippen LogP contribution >= 0.6 is 0 Å². The second kappa shape index (κ2) is 46.5. The minimum absolute atomic E-state index is 0.0910. The third-order valence-corrected chi connectivity index (χ3v) is 9.96. The van der Waals surface area contributed by atoms with Gasteiger partial charge in [0.15, 0.2) is 6.10 Å². The van der Waals surface area contributed by atoms with Crippen molar-refractivity contribution in [1.82, 2.24) is 0 Å². The minimum Gasteiger partial charge on any atom is -0.462 e. The highest BCUT2D eigenvalue weighted by Gasteiger charge is 2.19. The number of hydrogen-bond acceptors (Lipinski definition) is 6. The lowest BCUT2D eigenvalue weighted by Crippen LogP contribution is -2.30. The Bertz CT molecular complexity index is 1110. The van der Waals surface area contributed by atoms with Gasteiger partial charge in [0.2, 0.25) is 0 Å². The van der Waals surface area contributed by atoms with Gasteiger partial charge in [-0.05, 0) is 83.5 Å². The highest BCUT2D eigenvalue weighted by molar-refractivity contribution is 5.71. The maximum Gasteiger partial charge on any atom is 0.306 e. The van der Waals surface area contributed by atoms with E-state index in [2.05, 4.69) is 93.7 Å². The Morgan fingerprint density at radius 2 is 0.672 bits per heavy atom. The van der Waals surface area contributed by atoms with E-state index in [1.807, 2.05) is 0 Å². The maximum atomic E-state index is 12.7. The SMILES string of the molecule is CC/C=C\C/C=C\C/C=C\CCCCCCC(=O)OCC(COC(=O)CCCCCCCCCCCCCC)OC(=O)CCCCCC/C=C\C/C=C\C/C=C\CC. The van der Waals surface area contributed by atoms with Gasteiger partial charge in [-0.25, -0.2) is 0 Å². The van der Waals surface area contributed by atoms with E-state index in [0.29, 0.717) is 19.3 Å². The molecule has 0 amide bonds. The second-order valence-electron chi connectivity index (χ2n) is 15.6. The minimum atomic E-state index is -0.793. The van der Waals surface area contributed by atoms with Crippen LogP contribution in [0, 0.1) is 0 Å². The van der Waals surface area contributed by atoms with Crippen LogP contribution < -0.4 is 0 Å². The summed E-state index contributed by atoms with van der Waals surface area (Å²) in [6, 6.07) is 0. The maximum absolute atomic E-state index is 12.7. The van der Waals surface area contributed by atoms with E-state index < -0.39 is 6.10 Å². The summed E-state index contributed by atoms with van der Waals surface area (Å²) in [5.41, 5.74) is 0. The van der Waals surface area contributed by atoms with Crippen molar-refractivity contribution in [3.63, 3.8) is 0 Å². The van der Waals surface area contributed by atoms with Crippen LogP contribution in [-0.4, -0.2) is 37.2 Å². The summed E-state index contributed by atoms with van der Waals surface area (Å²) in [5.74, 6) is -0.939. The van der Waals surface area contributed by atoms with Crippen molar-refractivity contribution in [3.8, 4) is 0 Å². The largest absolute Gasteiger partial charge is 0.462 e. The zero-order valence-electron chi connectivity index (χ0n) is 37.8. The Morgan fingerprint density at radius 1 is 0.362 bits per heavy atom. The van der Waals surface area contributed by atoms with Crippen LogP contribution in [-0.2, 0) is 28.6 Å². The zero-order chi connectivity index (χ0) is 42.3. The lowest BCUT2D eigenvalue weighted by atomic mass is 10.0. The van der Waals surface area contributed by atoms with E-state index in [1.54, 1.807) is 0 Å². The molecule has 0 aromatic carbocycles. The quantitative estimate of drug-likeness (QED) is 0.0264. The fraction of sp³-hybridized carbons (Fsp3) is 0.712. The van der Waals surface area contributed by atoms with Gasteiger partial charge < -0.3 is 14.2 Å². The zero-order valence-corrected chi connectivity index (χ0v) is 37.8. The first-order valence-corrected chi connectivity index (χ1v) is 23.9.